The molecule has 0 saturated heterocycles. The van der Waals surface area contributed by atoms with Crippen molar-refractivity contribution in [3.63, 3.8) is 0 Å². The molecule has 0 unspecified atom stereocenters. The van der Waals surface area contributed by atoms with E-state index in [1.165, 1.54) is 0 Å². The number of rotatable bonds is 2. The van der Waals surface area contributed by atoms with Crippen molar-refractivity contribution in [2.24, 2.45) is 0 Å². The Balaban J connectivity index is 2.97. The van der Waals surface area contributed by atoms with E-state index in [2.05, 4.69) is 0 Å². The summed E-state index contributed by atoms with van der Waals surface area (Å²) in [5, 5.41) is 0. The average Bonchev–Trinajstić information content (AvgIpc) is 2.42. The molecule has 0 heterocycles. The van der Waals surface area contributed by atoms with Crippen LogP contribution in [0.1, 0.15) is 11.1 Å². The van der Waals surface area contributed by atoms with Gasteiger partial charge in [-0.25, -0.2) is 0 Å². The third-order valence-corrected chi connectivity index (χ3v) is 3.68. The molecule has 2 aromatic carbocycles. The van der Waals surface area contributed by atoms with E-state index in [1.54, 1.807) is 0 Å². The maximum Gasteiger partial charge on any atom is 0.411 e. The van der Waals surface area contributed by atoms with E-state index in [0.29, 0.717) is 18.2 Å². The van der Waals surface area contributed by atoms with E-state index in [-0.39, 0.29) is 11.4 Å². The average molecular weight is 349 g/mol. The van der Waals surface area contributed by atoms with Gasteiger partial charge in [0.1, 0.15) is 0 Å². The number of anilines is 3. The number of benzene rings is 2. The third kappa shape index (κ3) is 2.59. The number of hydrogen-bond donors (Lipinski definition) is 3. The maximum absolute atomic E-state index is 13.8. The van der Waals surface area contributed by atoms with Crippen LogP contribution in [0.4, 0.5) is 43.4 Å². The van der Waals surface area contributed by atoms with E-state index < -0.39 is 34.6 Å². The van der Waals surface area contributed by atoms with Crippen LogP contribution in [-0.2, 0) is 5.41 Å². The van der Waals surface area contributed by atoms with Crippen LogP contribution < -0.4 is 17.2 Å². The molecule has 0 aliphatic heterocycles. The molecule has 0 spiro atoms. The SMILES string of the molecule is Nc1ccc(C(c2cc(N)ccc2N)(C(F)(F)F)C(F)(F)F)cc1. The van der Waals surface area contributed by atoms with Gasteiger partial charge in [0.15, 0.2) is 0 Å². The van der Waals surface area contributed by atoms with Gasteiger partial charge < -0.3 is 17.2 Å². The molecule has 0 aromatic heterocycles. The van der Waals surface area contributed by atoms with Crippen LogP contribution in [0.5, 0.6) is 0 Å². The molecule has 0 aliphatic carbocycles. The quantitative estimate of drug-likeness (QED) is 0.569. The van der Waals surface area contributed by atoms with Crippen LogP contribution in [-0.4, -0.2) is 12.4 Å². The first kappa shape index (κ1) is 17.8. The molecular formula is C15H13F6N3. The fraction of sp³-hybridized carbons (Fsp3) is 0.200. The Kier molecular flexibility index (Phi) is 4.07. The molecule has 9 heteroatoms. The molecule has 0 radical (unpaired) electrons. The van der Waals surface area contributed by atoms with Crippen molar-refractivity contribution < 1.29 is 26.3 Å². The molecule has 0 fully saturated rings. The van der Waals surface area contributed by atoms with Gasteiger partial charge in [0, 0.05) is 22.6 Å². The lowest BCUT2D eigenvalue weighted by atomic mass is 9.72. The first-order valence-corrected chi connectivity index (χ1v) is 6.56. The Morgan fingerprint density at radius 3 is 1.54 bits per heavy atom. The van der Waals surface area contributed by atoms with Gasteiger partial charge in [0.25, 0.3) is 0 Å². The monoisotopic (exact) mass is 349 g/mol. The Morgan fingerprint density at radius 2 is 1.08 bits per heavy atom. The molecule has 0 amide bonds. The van der Waals surface area contributed by atoms with Crippen LogP contribution >= 0.6 is 0 Å². The molecule has 0 aliphatic rings. The minimum Gasteiger partial charge on any atom is -0.399 e. The lowest BCUT2D eigenvalue weighted by Gasteiger charge is -2.39. The molecule has 0 bridgehead atoms. The van der Waals surface area contributed by atoms with Crippen LogP contribution in [0.15, 0.2) is 42.5 Å². The van der Waals surface area contributed by atoms with Crippen molar-refractivity contribution in [3.05, 3.63) is 53.6 Å². The molecule has 3 nitrogen and oxygen atoms in total. The summed E-state index contributed by atoms with van der Waals surface area (Å²) in [5.74, 6) is 0. The summed E-state index contributed by atoms with van der Waals surface area (Å²) in [7, 11) is 0. The summed E-state index contributed by atoms with van der Waals surface area (Å²) < 4.78 is 82.8. The molecular weight excluding hydrogens is 336 g/mol. The Morgan fingerprint density at radius 1 is 0.625 bits per heavy atom. The van der Waals surface area contributed by atoms with Gasteiger partial charge in [-0.15, -0.1) is 0 Å². The third-order valence-electron chi connectivity index (χ3n) is 3.68. The minimum absolute atomic E-state index is 0.0255. The summed E-state index contributed by atoms with van der Waals surface area (Å²) in [6, 6.07) is 5.91. The van der Waals surface area contributed by atoms with Gasteiger partial charge in [-0.1, -0.05) is 12.1 Å². The van der Waals surface area contributed by atoms with E-state index in [4.69, 9.17) is 17.2 Å². The zero-order valence-corrected chi connectivity index (χ0v) is 12.0. The molecule has 130 valence electrons. The Labute approximate surface area is 133 Å². The number of hydrogen-bond acceptors (Lipinski definition) is 3. The van der Waals surface area contributed by atoms with Crippen LogP contribution in [0.2, 0.25) is 0 Å². The summed E-state index contributed by atoms with van der Waals surface area (Å²) >= 11 is 0. The lowest BCUT2D eigenvalue weighted by Crippen LogP contribution is -2.55. The number of alkyl halides is 6. The van der Waals surface area contributed by atoms with Crippen LogP contribution in [0, 0.1) is 0 Å². The summed E-state index contributed by atoms with van der Waals surface area (Å²) in [4.78, 5) is 0. The topological polar surface area (TPSA) is 78.1 Å². The maximum atomic E-state index is 13.8. The highest BCUT2D eigenvalue weighted by molar-refractivity contribution is 5.63. The normalized spacial score (nSPS) is 13.1. The number of nitrogen functional groups attached to an aromatic ring is 3. The fourth-order valence-corrected chi connectivity index (χ4v) is 2.58. The Hall–Kier alpha value is -2.58. The van der Waals surface area contributed by atoms with Crippen molar-refractivity contribution in [2.45, 2.75) is 17.8 Å². The first-order chi connectivity index (χ1) is 10.9. The van der Waals surface area contributed by atoms with E-state index in [0.717, 1.165) is 24.3 Å². The summed E-state index contributed by atoms with van der Waals surface area (Å²) in [6.45, 7) is 0. The van der Waals surface area contributed by atoms with Crippen molar-refractivity contribution in [2.75, 3.05) is 17.2 Å². The van der Waals surface area contributed by atoms with Gasteiger partial charge in [-0.3, -0.25) is 0 Å². The predicted octanol–water partition coefficient (Wildman–Crippen LogP) is 3.84. The van der Waals surface area contributed by atoms with E-state index in [9.17, 15) is 26.3 Å². The second-order valence-electron chi connectivity index (χ2n) is 5.21. The number of nitrogens with two attached hydrogens (primary N) is 3. The van der Waals surface area contributed by atoms with Gasteiger partial charge in [0.05, 0.1) is 0 Å². The molecule has 6 N–H and O–H groups in total. The molecule has 0 saturated carbocycles. The van der Waals surface area contributed by atoms with Gasteiger partial charge in [-0.2, -0.15) is 26.3 Å². The van der Waals surface area contributed by atoms with Gasteiger partial charge in [0.2, 0.25) is 5.41 Å². The van der Waals surface area contributed by atoms with Gasteiger partial charge in [-0.05, 0) is 35.9 Å². The fourth-order valence-electron chi connectivity index (χ4n) is 2.58. The highest BCUT2D eigenvalue weighted by atomic mass is 19.4. The van der Waals surface area contributed by atoms with Crippen molar-refractivity contribution >= 4 is 17.1 Å². The molecule has 2 aromatic rings. The first-order valence-electron chi connectivity index (χ1n) is 6.56. The second kappa shape index (κ2) is 5.50. The molecule has 24 heavy (non-hydrogen) atoms. The van der Waals surface area contributed by atoms with Crippen LogP contribution in [0.25, 0.3) is 0 Å². The van der Waals surface area contributed by atoms with Gasteiger partial charge >= 0.3 is 12.4 Å². The second-order valence-corrected chi connectivity index (χ2v) is 5.21. The summed E-state index contributed by atoms with van der Waals surface area (Å²) in [5.41, 5.74) is 8.77. The molecule has 0 atom stereocenters. The van der Waals surface area contributed by atoms with Crippen LogP contribution in [0.3, 0.4) is 0 Å². The zero-order chi connectivity index (χ0) is 18.3. The number of halogens is 6. The summed E-state index contributed by atoms with van der Waals surface area (Å²) in [6.07, 6.45) is -11.4. The standard InChI is InChI=1S/C15H13F6N3/c16-14(17,18)13(15(19,20)21,8-1-3-9(22)4-2-8)11-7-10(23)5-6-12(11)24/h1-7H,22-24H2. The lowest BCUT2D eigenvalue weighted by molar-refractivity contribution is -0.288. The largest absolute Gasteiger partial charge is 0.411 e. The predicted molar refractivity (Wildman–Crippen MR) is 79.0 cm³/mol. The zero-order valence-electron chi connectivity index (χ0n) is 12.0. The van der Waals surface area contributed by atoms with Crippen molar-refractivity contribution in [3.8, 4) is 0 Å². The van der Waals surface area contributed by atoms with E-state index >= 15 is 0 Å². The molecule has 2 rings (SSSR count). The minimum atomic E-state index is -5.72. The van der Waals surface area contributed by atoms with Crippen molar-refractivity contribution in [1.29, 1.82) is 0 Å². The van der Waals surface area contributed by atoms with Crippen molar-refractivity contribution in [1.82, 2.24) is 0 Å². The van der Waals surface area contributed by atoms with E-state index in [1.807, 2.05) is 0 Å². The smallest absolute Gasteiger partial charge is 0.399 e. The highest BCUT2D eigenvalue weighted by Gasteiger charge is 2.73. The Bertz CT molecular complexity index is 720. The highest BCUT2D eigenvalue weighted by Crippen LogP contribution is 2.57.